The Morgan fingerprint density at radius 3 is 2.86 bits per heavy atom. The second kappa shape index (κ2) is 8.81. The standard InChI is InChI=1S/C19H28ClFN4O2S/c20-17-23-10-16(28-17)14-9-15(14)24-12-19(21)3-7-25(8-4-19)18(26)27-11-13-1-5-22-6-2-13/h10,13-15,22,24H,1-9,11-12H2. The molecule has 3 aliphatic rings. The molecule has 1 aromatic rings. The van der Waals surface area contributed by atoms with Crippen molar-refractivity contribution in [2.75, 3.05) is 39.3 Å². The van der Waals surface area contributed by atoms with Crippen molar-refractivity contribution in [2.45, 2.75) is 49.7 Å². The number of hydrogen-bond donors (Lipinski definition) is 2. The van der Waals surface area contributed by atoms with Crippen molar-refractivity contribution in [3.63, 3.8) is 0 Å². The molecular weight excluding hydrogens is 403 g/mol. The lowest BCUT2D eigenvalue weighted by atomic mass is 9.93. The molecule has 1 amide bonds. The number of alkyl halides is 1. The molecular formula is C19H28ClFN4O2S. The Hall–Kier alpha value is -0.960. The van der Waals surface area contributed by atoms with E-state index in [0.29, 0.717) is 61.4 Å². The molecule has 0 spiro atoms. The van der Waals surface area contributed by atoms with Crippen LogP contribution in [-0.2, 0) is 4.74 Å². The zero-order valence-electron chi connectivity index (χ0n) is 16.0. The highest BCUT2D eigenvalue weighted by Crippen LogP contribution is 2.44. The van der Waals surface area contributed by atoms with E-state index in [-0.39, 0.29) is 6.09 Å². The topological polar surface area (TPSA) is 66.5 Å². The van der Waals surface area contributed by atoms with Crippen molar-refractivity contribution in [3.05, 3.63) is 15.5 Å². The number of rotatable bonds is 6. The molecule has 9 heteroatoms. The molecule has 2 atom stereocenters. The fourth-order valence-electron chi connectivity index (χ4n) is 4.08. The van der Waals surface area contributed by atoms with E-state index in [1.165, 1.54) is 16.2 Å². The number of piperidine rings is 2. The Balaban J connectivity index is 1.15. The minimum absolute atomic E-state index is 0.294. The summed E-state index contributed by atoms with van der Waals surface area (Å²) in [5, 5.41) is 6.66. The van der Waals surface area contributed by atoms with Gasteiger partial charge in [0, 0.05) is 55.5 Å². The first kappa shape index (κ1) is 20.3. The summed E-state index contributed by atoms with van der Waals surface area (Å²) in [6, 6.07) is 0.303. The van der Waals surface area contributed by atoms with Crippen LogP contribution >= 0.6 is 22.9 Å². The van der Waals surface area contributed by atoms with Gasteiger partial charge in [-0.2, -0.15) is 0 Å². The zero-order valence-corrected chi connectivity index (χ0v) is 17.5. The highest BCUT2D eigenvalue weighted by Gasteiger charge is 2.43. The number of thiazole rings is 1. The summed E-state index contributed by atoms with van der Waals surface area (Å²) < 4.78 is 21.2. The third kappa shape index (κ3) is 5.14. The first-order chi connectivity index (χ1) is 13.5. The Labute approximate surface area is 174 Å². The van der Waals surface area contributed by atoms with Crippen molar-refractivity contribution < 1.29 is 13.9 Å². The lowest BCUT2D eigenvalue weighted by Gasteiger charge is -2.36. The minimum Gasteiger partial charge on any atom is -0.449 e. The molecule has 156 valence electrons. The fraction of sp³-hybridized carbons (Fsp3) is 0.789. The number of carbonyl (C=O) groups is 1. The predicted molar refractivity (Wildman–Crippen MR) is 108 cm³/mol. The molecule has 0 aromatic carbocycles. The van der Waals surface area contributed by atoms with Gasteiger partial charge in [0.25, 0.3) is 0 Å². The van der Waals surface area contributed by atoms with E-state index >= 15 is 4.39 Å². The lowest BCUT2D eigenvalue weighted by Crippen LogP contribution is -2.49. The Morgan fingerprint density at radius 1 is 1.43 bits per heavy atom. The largest absolute Gasteiger partial charge is 0.449 e. The van der Waals surface area contributed by atoms with E-state index in [2.05, 4.69) is 15.6 Å². The van der Waals surface area contributed by atoms with Crippen LogP contribution in [0, 0.1) is 5.92 Å². The van der Waals surface area contributed by atoms with Crippen molar-refractivity contribution in [3.8, 4) is 0 Å². The maximum Gasteiger partial charge on any atom is 0.409 e. The van der Waals surface area contributed by atoms with Crippen LogP contribution in [0.25, 0.3) is 0 Å². The smallest absolute Gasteiger partial charge is 0.409 e. The van der Waals surface area contributed by atoms with Crippen LogP contribution in [-0.4, -0.2) is 67.0 Å². The van der Waals surface area contributed by atoms with Gasteiger partial charge in [0.1, 0.15) is 5.67 Å². The Bertz CT molecular complexity index is 677. The van der Waals surface area contributed by atoms with Gasteiger partial charge < -0.3 is 20.3 Å². The summed E-state index contributed by atoms with van der Waals surface area (Å²) in [6.45, 7) is 3.62. The third-order valence-electron chi connectivity index (χ3n) is 6.15. The summed E-state index contributed by atoms with van der Waals surface area (Å²) in [4.78, 5) is 19.2. The summed E-state index contributed by atoms with van der Waals surface area (Å²) >= 11 is 7.39. The van der Waals surface area contributed by atoms with Gasteiger partial charge in [0.15, 0.2) is 4.47 Å². The fourth-order valence-corrected chi connectivity index (χ4v) is 5.21. The molecule has 4 rings (SSSR count). The van der Waals surface area contributed by atoms with Crippen LogP contribution in [0.2, 0.25) is 4.47 Å². The molecule has 28 heavy (non-hydrogen) atoms. The summed E-state index contributed by atoms with van der Waals surface area (Å²) in [6.07, 6.45) is 5.32. The van der Waals surface area contributed by atoms with Crippen molar-refractivity contribution in [2.24, 2.45) is 5.92 Å². The van der Waals surface area contributed by atoms with Gasteiger partial charge in [-0.25, -0.2) is 14.2 Å². The molecule has 6 nitrogen and oxygen atoms in total. The van der Waals surface area contributed by atoms with Crippen LogP contribution in [0.3, 0.4) is 0 Å². The molecule has 1 aromatic heterocycles. The molecule has 1 aliphatic carbocycles. The number of amides is 1. The molecule has 1 saturated carbocycles. The van der Waals surface area contributed by atoms with E-state index < -0.39 is 5.67 Å². The van der Waals surface area contributed by atoms with Gasteiger partial charge in [-0.05, 0) is 38.3 Å². The monoisotopic (exact) mass is 430 g/mol. The lowest BCUT2D eigenvalue weighted by molar-refractivity contribution is 0.0362. The summed E-state index contributed by atoms with van der Waals surface area (Å²) in [5.74, 6) is 0.845. The quantitative estimate of drug-likeness (QED) is 0.725. The normalized spacial score (nSPS) is 27.6. The van der Waals surface area contributed by atoms with Gasteiger partial charge >= 0.3 is 6.09 Å². The van der Waals surface area contributed by atoms with Crippen LogP contribution in [0.1, 0.15) is 42.9 Å². The number of ether oxygens (including phenoxy) is 1. The average molecular weight is 431 g/mol. The van der Waals surface area contributed by atoms with E-state index in [4.69, 9.17) is 16.3 Å². The number of nitrogens with one attached hydrogen (secondary N) is 2. The first-order valence-electron chi connectivity index (χ1n) is 10.2. The van der Waals surface area contributed by atoms with Gasteiger partial charge in [-0.1, -0.05) is 11.6 Å². The number of carbonyl (C=O) groups excluding carboxylic acids is 1. The minimum atomic E-state index is -1.26. The molecule has 2 unspecified atom stereocenters. The van der Waals surface area contributed by atoms with Crippen LogP contribution in [0.5, 0.6) is 0 Å². The van der Waals surface area contributed by atoms with Crippen LogP contribution in [0.4, 0.5) is 9.18 Å². The van der Waals surface area contributed by atoms with Crippen molar-refractivity contribution in [1.82, 2.24) is 20.5 Å². The molecule has 2 saturated heterocycles. The number of aromatic nitrogens is 1. The van der Waals surface area contributed by atoms with E-state index in [1.807, 2.05) is 6.20 Å². The second-order valence-corrected chi connectivity index (χ2v) is 9.90. The first-order valence-corrected chi connectivity index (χ1v) is 11.4. The Kier molecular flexibility index (Phi) is 6.40. The van der Waals surface area contributed by atoms with Crippen molar-refractivity contribution in [1.29, 1.82) is 0 Å². The Morgan fingerprint density at radius 2 is 2.18 bits per heavy atom. The maximum absolute atomic E-state index is 15.1. The zero-order chi connectivity index (χ0) is 19.6. The molecule has 3 heterocycles. The maximum atomic E-state index is 15.1. The third-order valence-corrected chi connectivity index (χ3v) is 7.40. The average Bonchev–Trinajstić information content (AvgIpc) is 3.37. The number of halogens is 2. The highest BCUT2D eigenvalue weighted by atomic mass is 35.5. The van der Waals surface area contributed by atoms with Gasteiger partial charge in [0.05, 0.1) is 6.61 Å². The van der Waals surface area contributed by atoms with E-state index in [9.17, 15) is 4.79 Å². The van der Waals surface area contributed by atoms with Crippen LogP contribution < -0.4 is 10.6 Å². The van der Waals surface area contributed by atoms with Gasteiger partial charge in [0.2, 0.25) is 0 Å². The molecule has 0 radical (unpaired) electrons. The second-order valence-electron chi connectivity index (χ2n) is 8.25. The SMILES string of the molecule is O=C(OCC1CCNCC1)N1CCC(F)(CNC2CC2c2cnc(Cl)s2)CC1. The number of nitrogens with zero attached hydrogens (tertiary/aromatic N) is 2. The van der Waals surface area contributed by atoms with Crippen LogP contribution in [0.15, 0.2) is 6.20 Å². The molecule has 2 aliphatic heterocycles. The molecule has 2 N–H and O–H groups in total. The van der Waals surface area contributed by atoms with Gasteiger partial charge in [-0.3, -0.25) is 0 Å². The molecule has 0 bridgehead atoms. The van der Waals surface area contributed by atoms with E-state index in [0.717, 1.165) is 32.4 Å². The molecule has 3 fully saturated rings. The summed E-state index contributed by atoms with van der Waals surface area (Å²) in [5.41, 5.74) is -1.26. The van der Waals surface area contributed by atoms with Crippen molar-refractivity contribution >= 4 is 29.0 Å². The highest BCUT2D eigenvalue weighted by molar-refractivity contribution is 7.15. The summed E-state index contributed by atoms with van der Waals surface area (Å²) in [7, 11) is 0. The van der Waals surface area contributed by atoms with Gasteiger partial charge in [-0.15, -0.1) is 11.3 Å². The number of hydrogen-bond acceptors (Lipinski definition) is 6. The predicted octanol–water partition coefficient (Wildman–Crippen LogP) is 3.18. The number of likely N-dealkylation sites (tertiary alicyclic amines) is 1. The van der Waals surface area contributed by atoms with E-state index in [1.54, 1.807) is 4.90 Å².